The van der Waals surface area contributed by atoms with Crippen molar-refractivity contribution in [2.24, 2.45) is 0 Å². The molecule has 7 heteroatoms. The van der Waals surface area contributed by atoms with Crippen LogP contribution in [-0.4, -0.2) is 33.8 Å². The van der Waals surface area contributed by atoms with Crippen molar-refractivity contribution in [3.63, 3.8) is 0 Å². The van der Waals surface area contributed by atoms with E-state index >= 15 is 0 Å². The molecule has 26 heavy (non-hydrogen) atoms. The fourth-order valence-corrected chi connectivity index (χ4v) is 2.74. The zero-order valence-corrected chi connectivity index (χ0v) is 14.2. The predicted octanol–water partition coefficient (Wildman–Crippen LogP) is 1.60. The van der Waals surface area contributed by atoms with Gasteiger partial charge < -0.3 is 10.6 Å². The van der Waals surface area contributed by atoms with Gasteiger partial charge in [-0.15, -0.1) is 0 Å². The van der Waals surface area contributed by atoms with Crippen LogP contribution in [0.25, 0.3) is 0 Å². The number of hydrogen-bond donors (Lipinski definition) is 2. The zero-order chi connectivity index (χ0) is 18.4. The van der Waals surface area contributed by atoms with E-state index in [0.29, 0.717) is 6.54 Å². The molecule has 3 rings (SSSR count). The summed E-state index contributed by atoms with van der Waals surface area (Å²) in [5.41, 5.74) is 1.64. The van der Waals surface area contributed by atoms with Crippen LogP contribution in [0.2, 0.25) is 0 Å². The number of hydrogen-bond acceptors (Lipinski definition) is 4. The molecule has 1 aromatic carbocycles. The van der Waals surface area contributed by atoms with Crippen molar-refractivity contribution in [1.29, 1.82) is 0 Å². The molecule has 7 nitrogen and oxygen atoms in total. The Balaban J connectivity index is 1.47. The first-order valence-electron chi connectivity index (χ1n) is 8.46. The molecule has 134 valence electrons. The number of urea groups is 1. The highest BCUT2D eigenvalue weighted by molar-refractivity contribution is 6.04. The lowest BCUT2D eigenvalue weighted by atomic mass is 10.1. The largest absolute Gasteiger partial charge is 0.350 e. The van der Waals surface area contributed by atoms with Gasteiger partial charge in [-0.2, -0.15) is 0 Å². The van der Waals surface area contributed by atoms with Gasteiger partial charge in [-0.05, 0) is 24.1 Å². The normalized spacial score (nSPS) is 16.5. The molecule has 1 aliphatic rings. The number of carbonyl (C=O) groups is 3. The molecule has 4 amide bonds. The second-order valence-corrected chi connectivity index (χ2v) is 6.05. The lowest BCUT2D eigenvalue weighted by Crippen LogP contribution is -2.32. The van der Waals surface area contributed by atoms with Crippen molar-refractivity contribution < 1.29 is 14.4 Å². The minimum Gasteiger partial charge on any atom is -0.350 e. The van der Waals surface area contributed by atoms with E-state index in [9.17, 15) is 14.4 Å². The topological polar surface area (TPSA) is 91.4 Å². The van der Waals surface area contributed by atoms with Gasteiger partial charge in [0, 0.05) is 12.6 Å². The molecule has 2 heterocycles. The van der Waals surface area contributed by atoms with Crippen LogP contribution in [0, 0.1) is 0 Å². The van der Waals surface area contributed by atoms with Crippen LogP contribution in [-0.2, 0) is 22.7 Å². The molecule has 0 bridgehead atoms. The minimum atomic E-state index is -0.660. The van der Waals surface area contributed by atoms with Gasteiger partial charge in [0.15, 0.2) is 0 Å². The molecule has 2 aromatic rings. The van der Waals surface area contributed by atoms with E-state index in [1.165, 1.54) is 4.90 Å². The molecule has 1 aliphatic heterocycles. The molecular formula is C19H20N4O3. The number of pyridine rings is 1. The summed E-state index contributed by atoms with van der Waals surface area (Å²) in [7, 11) is 0. The van der Waals surface area contributed by atoms with Crippen LogP contribution in [0.1, 0.15) is 24.1 Å². The van der Waals surface area contributed by atoms with Gasteiger partial charge in [0.25, 0.3) is 5.91 Å². The fourth-order valence-electron chi connectivity index (χ4n) is 2.74. The van der Waals surface area contributed by atoms with Crippen molar-refractivity contribution in [3.05, 3.63) is 66.0 Å². The molecular weight excluding hydrogens is 332 g/mol. The minimum absolute atomic E-state index is 0.155. The lowest BCUT2D eigenvalue weighted by molar-refractivity contribution is -0.128. The maximum atomic E-state index is 12.4. The second-order valence-electron chi connectivity index (χ2n) is 6.05. The SMILES string of the molecule is O=C(CC[C@@H]1NC(=O)N(Cc2ccccc2)C1=O)NCc1ccccn1. The average molecular weight is 352 g/mol. The van der Waals surface area contributed by atoms with Gasteiger partial charge in [0.05, 0.1) is 18.8 Å². The smallest absolute Gasteiger partial charge is 0.325 e. The molecule has 1 saturated heterocycles. The van der Waals surface area contributed by atoms with Gasteiger partial charge in [-0.3, -0.25) is 19.5 Å². The lowest BCUT2D eigenvalue weighted by Gasteiger charge is -2.13. The molecule has 0 unspecified atom stereocenters. The Morgan fingerprint density at radius 2 is 1.88 bits per heavy atom. The number of benzene rings is 1. The summed E-state index contributed by atoms with van der Waals surface area (Å²) in [6, 6.07) is 13.7. The van der Waals surface area contributed by atoms with Crippen molar-refractivity contribution in [2.45, 2.75) is 32.0 Å². The Bertz CT molecular complexity index is 780. The third-order valence-electron chi connectivity index (χ3n) is 4.14. The molecule has 0 radical (unpaired) electrons. The van der Waals surface area contributed by atoms with Crippen LogP contribution in [0.3, 0.4) is 0 Å². The Morgan fingerprint density at radius 1 is 1.12 bits per heavy atom. The number of nitrogens with zero attached hydrogens (tertiary/aromatic N) is 2. The number of nitrogens with one attached hydrogen (secondary N) is 2. The average Bonchev–Trinajstić information content (AvgIpc) is 2.94. The standard InChI is InChI=1S/C19H20N4O3/c24-17(21-12-15-8-4-5-11-20-15)10-9-16-18(25)23(19(26)22-16)13-14-6-2-1-3-7-14/h1-8,11,16H,9-10,12-13H2,(H,21,24)(H,22,26)/t16-/m0/s1. The van der Waals surface area contributed by atoms with Crippen LogP contribution >= 0.6 is 0 Å². The van der Waals surface area contributed by atoms with Gasteiger partial charge >= 0.3 is 6.03 Å². The summed E-state index contributed by atoms with van der Waals surface area (Å²) in [6.07, 6.45) is 2.09. The summed E-state index contributed by atoms with van der Waals surface area (Å²) < 4.78 is 0. The molecule has 1 atom stereocenters. The number of rotatable bonds is 7. The quantitative estimate of drug-likeness (QED) is 0.741. The fraction of sp³-hybridized carbons (Fsp3) is 0.263. The Hall–Kier alpha value is -3.22. The van der Waals surface area contributed by atoms with Crippen LogP contribution < -0.4 is 10.6 Å². The first-order chi connectivity index (χ1) is 12.6. The van der Waals surface area contributed by atoms with Gasteiger partial charge in [0.1, 0.15) is 6.04 Å². The molecule has 0 aliphatic carbocycles. The second kappa shape index (κ2) is 8.24. The van der Waals surface area contributed by atoms with Crippen molar-refractivity contribution in [2.75, 3.05) is 0 Å². The monoisotopic (exact) mass is 352 g/mol. The van der Waals surface area contributed by atoms with Crippen molar-refractivity contribution in [3.8, 4) is 0 Å². The third kappa shape index (κ3) is 4.44. The van der Waals surface area contributed by atoms with E-state index in [-0.39, 0.29) is 31.2 Å². The molecule has 2 N–H and O–H groups in total. The molecule has 0 saturated carbocycles. The van der Waals surface area contributed by atoms with Crippen molar-refractivity contribution in [1.82, 2.24) is 20.5 Å². The summed E-state index contributed by atoms with van der Waals surface area (Å²) >= 11 is 0. The highest BCUT2D eigenvalue weighted by Gasteiger charge is 2.37. The zero-order valence-electron chi connectivity index (χ0n) is 14.2. The van der Waals surface area contributed by atoms with E-state index in [4.69, 9.17) is 0 Å². The molecule has 1 aromatic heterocycles. The van der Waals surface area contributed by atoms with E-state index in [1.807, 2.05) is 42.5 Å². The van der Waals surface area contributed by atoms with Gasteiger partial charge in [-0.25, -0.2) is 4.79 Å². The Labute approximate surface area is 151 Å². The number of aromatic nitrogens is 1. The summed E-state index contributed by atoms with van der Waals surface area (Å²) in [5.74, 6) is -0.476. The summed E-state index contributed by atoms with van der Waals surface area (Å²) in [4.78, 5) is 41.7. The van der Waals surface area contributed by atoms with E-state index in [1.54, 1.807) is 12.3 Å². The summed E-state index contributed by atoms with van der Waals surface area (Å²) in [5, 5.41) is 5.41. The van der Waals surface area contributed by atoms with E-state index in [0.717, 1.165) is 11.3 Å². The summed E-state index contributed by atoms with van der Waals surface area (Å²) in [6.45, 7) is 0.568. The van der Waals surface area contributed by atoms with Crippen LogP contribution in [0.5, 0.6) is 0 Å². The third-order valence-corrected chi connectivity index (χ3v) is 4.14. The number of imide groups is 1. The maximum Gasteiger partial charge on any atom is 0.325 e. The molecule has 0 spiro atoms. The van der Waals surface area contributed by atoms with Gasteiger partial charge in [0.2, 0.25) is 5.91 Å². The first-order valence-corrected chi connectivity index (χ1v) is 8.46. The van der Waals surface area contributed by atoms with Gasteiger partial charge in [-0.1, -0.05) is 36.4 Å². The number of carbonyl (C=O) groups excluding carboxylic acids is 3. The van der Waals surface area contributed by atoms with E-state index < -0.39 is 12.1 Å². The predicted molar refractivity (Wildman–Crippen MR) is 94.6 cm³/mol. The van der Waals surface area contributed by atoms with E-state index in [2.05, 4.69) is 15.6 Å². The Kier molecular flexibility index (Phi) is 5.58. The highest BCUT2D eigenvalue weighted by atomic mass is 16.2. The Morgan fingerprint density at radius 3 is 2.62 bits per heavy atom. The first kappa shape index (κ1) is 17.6. The van der Waals surface area contributed by atoms with Crippen LogP contribution in [0.4, 0.5) is 4.79 Å². The molecule has 1 fully saturated rings. The number of amides is 4. The van der Waals surface area contributed by atoms with Crippen LogP contribution in [0.15, 0.2) is 54.7 Å². The maximum absolute atomic E-state index is 12.4. The highest BCUT2D eigenvalue weighted by Crippen LogP contribution is 2.15. The van der Waals surface area contributed by atoms with Crippen molar-refractivity contribution >= 4 is 17.8 Å².